The van der Waals surface area contributed by atoms with Crippen molar-refractivity contribution < 1.29 is 8.42 Å². The second-order valence-electron chi connectivity index (χ2n) is 5.57. The van der Waals surface area contributed by atoms with E-state index in [4.69, 9.17) is 0 Å². The summed E-state index contributed by atoms with van der Waals surface area (Å²) in [5.74, 6) is 2.01. The SMILES string of the molecule is CCNC(=NCc1cccc(S(=O)(=O)NC)c1)NCC1CCCS1.I. The maximum atomic E-state index is 11.9. The van der Waals surface area contributed by atoms with E-state index < -0.39 is 10.0 Å². The molecule has 1 saturated heterocycles. The summed E-state index contributed by atoms with van der Waals surface area (Å²) >= 11 is 2.01. The highest BCUT2D eigenvalue weighted by Crippen LogP contribution is 2.25. The number of aliphatic imine (C=N–C) groups is 1. The predicted molar refractivity (Wildman–Crippen MR) is 116 cm³/mol. The summed E-state index contributed by atoms with van der Waals surface area (Å²) in [5, 5.41) is 7.26. The van der Waals surface area contributed by atoms with Gasteiger partial charge in [0, 0.05) is 18.3 Å². The number of guanidine groups is 1. The molecule has 1 unspecified atom stereocenters. The van der Waals surface area contributed by atoms with Gasteiger partial charge in [0.05, 0.1) is 11.4 Å². The highest BCUT2D eigenvalue weighted by Gasteiger charge is 2.15. The zero-order chi connectivity index (χ0) is 17.4. The van der Waals surface area contributed by atoms with Crippen molar-refractivity contribution in [2.24, 2.45) is 4.99 Å². The van der Waals surface area contributed by atoms with Gasteiger partial charge in [-0.25, -0.2) is 18.1 Å². The minimum Gasteiger partial charge on any atom is -0.357 e. The molecule has 1 aliphatic rings. The number of hydrogen-bond acceptors (Lipinski definition) is 4. The van der Waals surface area contributed by atoms with Crippen molar-refractivity contribution in [1.29, 1.82) is 0 Å². The van der Waals surface area contributed by atoms with Gasteiger partial charge in [0.2, 0.25) is 10.0 Å². The molecule has 0 bridgehead atoms. The molecule has 1 atom stereocenters. The topological polar surface area (TPSA) is 82.6 Å². The molecule has 0 radical (unpaired) electrons. The Bertz CT molecular complexity index is 662. The number of benzene rings is 1. The molecule has 1 fully saturated rings. The highest BCUT2D eigenvalue weighted by atomic mass is 127. The van der Waals surface area contributed by atoms with Crippen LogP contribution >= 0.6 is 35.7 Å². The van der Waals surface area contributed by atoms with Crippen LogP contribution in [-0.4, -0.2) is 45.5 Å². The van der Waals surface area contributed by atoms with Crippen LogP contribution in [0.5, 0.6) is 0 Å². The lowest BCUT2D eigenvalue weighted by Gasteiger charge is -2.14. The molecule has 1 aliphatic heterocycles. The molecule has 1 aromatic carbocycles. The van der Waals surface area contributed by atoms with Crippen LogP contribution in [0.1, 0.15) is 25.3 Å². The van der Waals surface area contributed by atoms with Crippen LogP contribution in [0.3, 0.4) is 0 Å². The lowest BCUT2D eigenvalue weighted by molar-refractivity contribution is 0.588. The molecule has 1 aromatic rings. The Balaban J connectivity index is 0.00000312. The van der Waals surface area contributed by atoms with Crippen LogP contribution in [0.2, 0.25) is 0 Å². The highest BCUT2D eigenvalue weighted by molar-refractivity contribution is 14.0. The number of halogens is 1. The van der Waals surface area contributed by atoms with Crippen LogP contribution in [0.15, 0.2) is 34.2 Å². The van der Waals surface area contributed by atoms with E-state index in [0.717, 1.165) is 24.6 Å². The first-order chi connectivity index (χ1) is 11.5. The summed E-state index contributed by atoms with van der Waals surface area (Å²) in [6, 6.07) is 6.87. The molecule has 0 saturated carbocycles. The molecular weight excluding hydrogens is 471 g/mol. The van der Waals surface area contributed by atoms with E-state index in [-0.39, 0.29) is 28.9 Å². The van der Waals surface area contributed by atoms with Crippen molar-refractivity contribution in [3.05, 3.63) is 29.8 Å². The summed E-state index contributed by atoms with van der Waals surface area (Å²) in [7, 11) is -2.01. The lowest BCUT2D eigenvalue weighted by Crippen LogP contribution is -2.40. The molecular formula is C16H27IN4O2S2. The summed E-state index contributed by atoms with van der Waals surface area (Å²) in [6.07, 6.45) is 2.54. The maximum Gasteiger partial charge on any atom is 0.240 e. The fourth-order valence-corrected chi connectivity index (χ4v) is 4.46. The molecule has 9 heteroatoms. The van der Waals surface area contributed by atoms with Crippen molar-refractivity contribution >= 4 is 51.7 Å². The lowest BCUT2D eigenvalue weighted by atomic mass is 10.2. The summed E-state index contributed by atoms with van der Waals surface area (Å²) < 4.78 is 26.1. The molecule has 0 aliphatic carbocycles. The normalized spacial score (nSPS) is 17.8. The molecule has 0 amide bonds. The number of nitrogens with zero attached hydrogens (tertiary/aromatic N) is 1. The van der Waals surface area contributed by atoms with E-state index in [1.54, 1.807) is 18.2 Å². The summed E-state index contributed by atoms with van der Waals surface area (Å²) in [6.45, 7) is 4.16. The fraction of sp³-hybridized carbons (Fsp3) is 0.562. The molecule has 3 N–H and O–H groups in total. The quantitative estimate of drug-likeness (QED) is 0.305. The monoisotopic (exact) mass is 498 g/mol. The Morgan fingerprint density at radius 3 is 2.80 bits per heavy atom. The Hall–Kier alpha value is -0.520. The van der Waals surface area contributed by atoms with Gasteiger partial charge >= 0.3 is 0 Å². The zero-order valence-electron chi connectivity index (χ0n) is 14.6. The van der Waals surface area contributed by atoms with E-state index >= 15 is 0 Å². The van der Waals surface area contributed by atoms with Crippen molar-refractivity contribution in [2.75, 3.05) is 25.9 Å². The first kappa shape index (κ1) is 22.5. The van der Waals surface area contributed by atoms with E-state index in [9.17, 15) is 8.42 Å². The van der Waals surface area contributed by atoms with Gasteiger partial charge in [-0.1, -0.05) is 12.1 Å². The average molecular weight is 498 g/mol. The van der Waals surface area contributed by atoms with Gasteiger partial charge in [-0.3, -0.25) is 0 Å². The van der Waals surface area contributed by atoms with Gasteiger partial charge in [-0.05, 0) is 50.3 Å². The van der Waals surface area contributed by atoms with E-state index in [0.29, 0.717) is 11.8 Å². The Morgan fingerprint density at radius 1 is 1.36 bits per heavy atom. The number of nitrogens with one attached hydrogen (secondary N) is 3. The molecule has 0 spiro atoms. The van der Waals surface area contributed by atoms with Gasteiger partial charge in [-0.15, -0.1) is 24.0 Å². The van der Waals surface area contributed by atoms with Crippen LogP contribution < -0.4 is 15.4 Å². The van der Waals surface area contributed by atoms with Gasteiger partial charge < -0.3 is 10.6 Å². The van der Waals surface area contributed by atoms with Crippen LogP contribution in [0, 0.1) is 0 Å². The van der Waals surface area contributed by atoms with E-state index in [1.165, 1.54) is 25.6 Å². The standard InChI is InChI=1S/C16H26N4O2S2.HI/c1-3-18-16(20-12-14-7-5-9-23-14)19-11-13-6-4-8-15(10-13)24(21,22)17-2;/h4,6,8,10,14,17H,3,5,7,9,11-12H2,1-2H3,(H2,18,19,20);1H. The average Bonchev–Trinajstić information content (AvgIpc) is 3.11. The fourth-order valence-electron chi connectivity index (χ4n) is 2.46. The predicted octanol–water partition coefficient (Wildman–Crippen LogP) is 2.16. The number of rotatable bonds is 7. The van der Waals surface area contributed by atoms with Gasteiger partial charge in [0.25, 0.3) is 0 Å². The third-order valence-corrected chi connectivity index (χ3v) is 6.57. The van der Waals surface area contributed by atoms with E-state index in [2.05, 4.69) is 20.3 Å². The Kier molecular flexibility index (Phi) is 10.1. The van der Waals surface area contributed by atoms with Crippen molar-refractivity contribution in [1.82, 2.24) is 15.4 Å². The first-order valence-electron chi connectivity index (χ1n) is 8.21. The zero-order valence-corrected chi connectivity index (χ0v) is 18.6. The number of thioether (sulfide) groups is 1. The minimum atomic E-state index is -3.42. The number of hydrogen-bond donors (Lipinski definition) is 3. The van der Waals surface area contributed by atoms with Crippen molar-refractivity contribution in [3.8, 4) is 0 Å². The Labute approximate surface area is 172 Å². The van der Waals surface area contributed by atoms with Gasteiger partial charge in [0.1, 0.15) is 0 Å². The van der Waals surface area contributed by atoms with Crippen molar-refractivity contribution in [3.63, 3.8) is 0 Å². The minimum absolute atomic E-state index is 0. The molecule has 2 rings (SSSR count). The van der Waals surface area contributed by atoms with E-state index in [1.807, 2.05) is 24.8 Å². The maximum absolute atomic E-state index is 11.9. The van der Waals surface area contributed by atoms with Gasteiger partial charge in [-0.2, -0.15) is 11.8 Å². The molecule has 0 aromatic heterocycles. The first-order valence-corrected chi connectivity index (χ1v) is 10.7. The summed E-state index contributed by atoms with van der Waals surface area (Å²) in [5.41, 5.74) is 0.860. The second-order valence-corrected chi connectivity index (χ2v) is 8.86. The summed E-state index contributed by atoms with van der Waals surface area (Å²) in [4.78, 5) is 4.83. The van der Waals surface area contributed by atoms with Crippen LogP contribution in [0.4, 0.5) is 0 Å². The third kappa shape index (κ3) is 7.32. The van der Waals surface area contributed by atoms with Crippen molar-refractivity contribution in [2.45, 2.75) is 36.5 Å². The third-order valence-electron chi connectivity index (χ3n) is 3.76. The smallest absolute Gasteiger partial charge is 0.240 e. The molecule has 142 valence electrons. The van der Waals surface area contributed by atoms with Crippen LogP contribution in [-0.2, 0) is 16.6 Å². The number of sulfonamides is 1. The van der Waals surface area contributed by atoms with Crippen LogP contribution in [0.25, 0.3) is 0 Å². The second kappa shape index (κ2) is 11.2. The van der Waals surface area contributed by atoms with Gasteiger partial charge in [0.15, 0.2) is 5.96 Å². The molecule has 6 nitrogen and oxygen atoms in total. The largest absolute Gasteiger partial charge is 0.357 e. The molecule has 1 heterocycles. The Morgan fingerprint density at radius 2 is 2.16 bits per heavy atom. The molecule has 25 heavy (non-hydrogen) atoms.